The van der Waals surface area contributed by atoms with Crippen LogP contribution >= 0.6 is 0 Å². The maximum Gasteiger partial charge on any atom is 0.203 e. The summed E-state index contributed by atoms with van der Waals surface area (Å²) in [6.45, 7) is 1.25. The Balaban J connectivity index is 2.18. The summed E-state index contributed by atoms with van der Waals surface area (Å²) in [5.41, 5.74) is 8.31. The quantitative estimate of drug-likeness (QED) is 0.732. The van der Waals surface area contributed by atoms with Crippen molar-refractivity contribution in [3.63, 3.8) is 0 Å². The largest absolute Gasteiger partial charge is 0.399 e. The van der Waals surface area contributed by atoms with E-state index in [2.05, 4.69) is 5.10 Å². The fraction of sp³-hybridized carbons (Fsp3) is 0.364. The van der Waals surface area contributed by atoms with Gasteiger partial charge in [-0.25, -0.2) is 0 Å². The van der Waals surface area contributed by atoms with Crippen LogP contribution in [0.25, 0.3) is 10.9 Å². The molecule has 16 heavy (non-hydrogen) atoms. The van der Waals surface area contributed by atoms with E-state index in [1.807, 2.05) is 25.2 Å². The molecule has 1 saturated heterocycles. The van der Waals surface area contributed by atoms with Crippen molar-refractivity contribution in [3.8, 4) is 0 Å². The van der Waals surface area contributed by atoms with E-state index in [0.29, 0.717) is 13.2 Å². The van der Waals surface area contributed by atoms with Crippen LogP contribution in [0.15, 0.2) is 18.2 Å². The van der Waals surface area contributed by atoms with E-state index in [1.165, 1.54) is 0 Å². The van der Waals surface area contributed by atoms with E-state index >= 15 is 0 Å². The van der Waals surface area contributed by atoms with Gasteiger partial charge in [-0.1, -0.05) is 0 Å². The summed E-state index contributed by atoms with van der Waals surface area (Å²) >= 11 is 0. The molecule has 2 aromatic rings. The lowest BCUT2D eigenvalue weighted by molar-refractivity contribution is -0.0465. The van der Waals surface area contributed by atoms with Crippen molar-refractivity contribution in [1.82, 2.24) is 9.78 Å². The van der Waals surface area contributed by atoms with Crippen molar-refractivity contribution in [1.29, 1.82) is 0 Å². The summed E-state index contributed by atoms with van der Waals surface area (Å²) in [5.74, 6) is 0. The minimum atomic E-state index is -0.340. The number of rotatable bonds is 1. The zero-order chi connectivity index (χ0) is 11.1. The smallest absolute Gasteiger partial charge is 0.203 e. The van der Waals surface area contributed by atoms with Crippen LogP contribution in [-0.4, -0.2) is 23.0 Å². The molecule has 0 unspecified atom stereocenters. The Morgan fingerprint density at radius 3 is 2.88 bits per heavy atom. The highest BCUT2D eigenvalue weighted by Gasteiger charge is 2.24. The predicted molar refractivity (Wildman–Crippen MR) is 59.8 cm³/mol. The van der Waals surface area contributed by atoms with Gasteiger partial charge in [0.25, 0.3) is 0 Å². The standard InChI is InChI=1S/C11H13N3O2/c1-14-9-6-7(12)2-3-8(9)10(13-14)11-15-4-5-16-11/h2-3,6,11H,4-5,12H2,1H3. The van der Waals surface area contributed by atoms with Gasteiger partial charge in [0.2, 0.25) is 6.29 Å². The molecule has 0 saturated carbocycles. The Morgan fingerprint density at radius 2 is 2.12 bits per heavy atom. The number of anilines is 1. The van der Waals surface area contributed by atoms with Crippen LogP contribution < -0.4 is 5.73 Å². The second kappa shape index (κ2) is 3.47. The SMILES string of the molecule is Cn1nc(C2OCCO2)c2ccc(N)cc21. The van der Waals surface area contributed by atoms with Gasteiger partial charge >= 0.3 is 0 Å². The van der Waals surface area contributed by atoms with Crippen molar-refractivity contribution in [2.45, 2.75) is 6.29 Å². The van der Waals surface area contributed by atoms with Gasteiger partial charge in [-0.15, -0.1) is 0 Å². The van der Waals surface area contributed by atoms with Crippen LogP contribution in [-0.2, 0) is 16.5 Å². The third-order valence-corrected chi connectivity index (χ3v) is 2.75. The number of fused-ring (bicyclic) bond motifs is 1. The van der Waals surface area contributed by atoms with E-state index in [4.69, 9.17) is 15.2 Å². The lowest BCUT2D eigenvalue weighted by atomic mass is 10.2. The Morgan fingerprint density at radius 1 is 1.38 bits per heavy atom. The molecule has 1 aromatic heterocycles. The van der Waals surface area contributed by atoms with Crippen molar-refractivity contribution < 1.29 is 9.47 Å². The topological polar surface area (TPSA) is 62.3 Å². The molecule has 0 aliphatic carbocycles. The number of nitrogen functional groups attached to an aromatic ring is 1. The average molecular weight is 219 g/mol. The number of nitrogens with zero attached hydrogens (tertiary/aromatic N) is 2. The highest BCUT2D eigenvalue weighted by molar-refractivity contribution is 5.85. The predicted octanol–water partition coefficient (Wildman–Crippen LogP) is 1.20. The highest BCUT2D eigenvalue weighted by atomic mass is 16.7. The summed E-state index contributed by atoms with van der Waals surface area (Å²) < 4.78 is 12.7. The highest BCUT2D eigenvalue weighted by Crippen LogP contribution is 2.29. The molecule has 2 heterocycles. The molecule has 84 valence electrons. The number of ether oxygens (including phenoxy) is 2. The summed E-state index contributed by atoms with van der Waals surface area (Å²) in [6, 6.07) is 5.72. The molecule has 0 spiro atoms. The molecule has 0 amide bonds. The second-order valence-electron chi connectivity index (χ2n) is 3.86. The molecule has 0 atom stereocenters. The van der Waals surface area contributed by atoms with Crippen molar-refractivity contribution in [2.75, 3.05) is 18.9 Å². The monoisotopic (exact) mass is 219 g/mol. The Bertz CT molecular complexity index is 529. The lowest BCUT2D eigenvalue weighted by Gasteiger charge is -2.05. The van der Waals surface area contributed by atoms with Crippen LogP contribution in [0, 0.1) is 0 Å². The molecule has 1 aliphatic heterocycles. The van der Waals surface area contributed by atoms with Crippen LogP contribution in [0.3, 0.4) is 0 Å². The fourth-order valence-corrected chi connectivity index (χ4v) is 1.99. The van der Waals surface area contributed by atoms with Gasteiger partial charge in [0.1, 0.15) is 5.69 Å². The molecule has 0 radical (unpaired) electrons. The minimum absolute atomic E-state index is 0.340. The van der Waals surface area contributed by atoms with Gasteiger partial charge in [-0.05, 0) is 18.2 Å². The van der Waals surface area contributed by atoms with Crippen LogP contribution in [0.5, 0.6) is 0 Å². The van der Waals surface area contributed by atoms with Crippen LogP contribution in [0.1, 0.15) is 12.0 Å². The molecular formula is C11H13N3O2. The van der Waals surface area contributed by atoms with Gasteiger partial charge < -0.3 is 15.2 Å². The van der Waals surface area contributed by atoms with E-state index in [9.17, 15) is 0 Å². The molecule has 5 heteroatoms. The van der Waals surface area contributed by atoms with Crippen LogP contribution in [0.4, 0.5) is 5.69 Å². The maximum absolute atomic E-state index is 5.75. The van der Waals surface area contributed by atoms with Gasteiger partial charge in [-0.3, -0.25) is 4.68 Å². The summed E-state index contributed by atoms with van der Waals surface area (Å²) in [7, 11) is 1.89. The summed E-state index contributed by atoms with van der Waals surface area (Å²) in [4.78, 5) is 0. The number of benzene rings is 1. The molecule has 3 rings (SSSR count). The molecular weight excluding hydrogens is 206 g/mol. The number of nitrogens with two attached hydrogens (primary N) is 1. The molecule has 1 aromatic carbocycles. The minimum Gasteiger partial charge on any atom is -0.399 e. The van der Waals surface area contributed by atoms with Gasteiger partial charge in [0.05, 0.1) is 18.7 Å². The van der Waals surface area contributed by atoms with Gasteiger partial charge in [0, 0.05) is 18.1 Å². The van der Waals surface area contributed by atoms with Crippen LogP contribution in [0.2, 0.25) is 0 Å². The van der Waals surface area contributed by atoms with E-state index < -0.39 is 0 Å². The van der Waals surface area contributed by atoms with E-state index in [0.717, 1.165) is 22.3 Å². The Hall–Kier alpha value is -1.59. The molecule has 2 N–H and O–H groups in total. The van der Waals surface area contributed by atoms with Crippen molar-refractivity contribution >= 4 is 16.6 Å². The Kier molecular flexibility index (Phi) is 2.08. The van der Waals surface area contributed by atoms with E-state index in [-0.39, 0.29) is 6.29 Å². The normalized spacial score (nSPS) is 17.3. The van der Waals surface area contributed by atoms with Gasteiger partial charge in [0.15, 0.2) is 0 Å². The molecule has 5 nitrogen and oxygen atoms in total. The molecule has 0 bridgehead atoms. The number of hydrogen-bond donors (Lipinski definition) is 1. The fourth-order valence-electron chi connectivity index (χ4n) is 1.99. The lowest BCUT2D eigenvalue weighted by Crippen LogP contribution is -2.00. The molecule has 1 aliphatic rings. The second-order valence-corrected chi connectivity index (χ2v) is 3.86. The zero-order valence-corrected chi connectivity index (χ0v) is 9.01. The number of aromatic nitrogens is 2. The third-order valence-electron chi connectivity index (χ3n) is 2.75. The van der Waals surface area contributed by atoms with Crippen molar-refractivity contribution in [2.24, 2.45) is 7.05 Å². The Labute approximate surface area is 92.7 Å². The summed E-state index contributed by atoms with van der Waals surface area (Å²) in [5, 5.41) is 5.46. The number of aryl methyl sites for hydroxylation is 1. The summed E-state index contributed by atoms with van der Waals surface area (Å²) in [6.07, 6.45) is -0.340. The number of hydrogen-bond acceptors (Lipinski definition) is 4. The average Bonchev–Trinajstić information content (AvgIpc) is 2.87. The third kappa shape index (κ3) is 1.36. The van der Waals surface area contributed by atoms with Crippen molar-refractivity contribution in [3.05, 3.63) is 23.9 Å². The molecule has 1 fully saturated rings. The maximum atomic E-state index is 5.75. The van der Waals surface area contributed by atoms with E-state index in [1.54, 1.807) is 4.68 Å². The first-order valence-corrected chi connectivity index (χ1v) is 5.21. The first kappa shape index (κ1) is 9.62. The zero-order valence-electron chi connectivity index (χ0n) is 9.01. The first-order valence-electron chi connectivity index (χ1n) is 5.21. The van der Waals surface area contributed by atoms with Gasteiger partial charge in [-0.2, -0.15) is 5.10 Å². The first-order chi connectivity index (χ1) is 7.75.